The average molecular weight is 179 g/mol. The highest BCUT2D eigenvalue weighted by Crippen LogP contribution is 2.11. The van der Waals surface area contributed by atoms with Gasteiger partial charge in [-0.05, 0) is 17.7 Å². The molecule has 0 saturated carbocycles. The van der Waals surface area contributed by atoms with E-state index in [1.54, 1.807) is 7.11 Å². The van der Waals surface area contributed by atoms with Gasteiger partial charge in [-0.2, -0.15) is 0 Å². The van der Waals surface area contributed by atoms with Crippen LogP contribution in [-0.4, -0.2) is 19.9 Å². The van der Waals surface area contributed by atoms with E-state index in [2.05, 4.69) is 5.32 Å². The number of benzene rings is 1. The van der Waals surface area contributed by atoms with Crippen LogP contribution < -0.4 is 10.1 Å². The highest BCUT2D eigenvalue weighted by molar-refractivity contribution is 5.51. The fourth-order valence-electron chi connectivity index (χ4n) is 1.06. The Morgan fingerprint density at radius 3 is 3.08 bits per heavy atom. The predicted octanol–water partition coefficient (Wildman–Crippen LogP) is 0.984. The van der Waals surface area contributed by atoms with Gasteiger partial charge in [0.05, 0.1) is 13.7 Å². The van der Waals surface area contributed by atoms with Crippen molar-refractivity contribution in [2.45, 2.75) is 6.54 Å². The third kappa shape index (κ3) is 3.25. The van der Waals surface area contributed by atoms with Gasteiger partial charge in [0, 0.05) is 6.54 Å². The first-order chi connectivity index (χ1) is 6.36. The lowest BCUT2D eigenvalue weighted by Gasteiger charge is -2.03. The molecule has 0 radical (unpaired) electrons. The van der Waals surface area contributed by atoms with Crippen LogP contribution in [0, 0.1) is 0 Å². The van der Waals surface area contributed by atoms with Crippen molar-refractivity contribution in [3.05, 3.63) is 29.8 Å². The number of ether oxygens (including phenoxy) is 1. The van der Waals surface area contributed by atoms with Gasteiger partial charge in [0.2, 0.25) is 0 Å². The van der Waals surface area contributed by atoms with Gasteiger partial charge >= 0.3 is 0 Å². The van der Waals surface area contributed by atoms with Gasteiger partial charge in [0.25, 0.3) is 0 Å². The van der Waals surface area contributed by atoms with E-state index in [-0.39, 0.29) is 0 Å². The van der Waals surface area contributed by atoms with Gasteiger partial charge in [0.1, 0.15) is 12.0 Å². The largest absolute Gasteiger partial charge is 0.497 e. The van der Waals surface area contributed by atoms with Crippen LogP contribution in [0.3, 0.4) is 0 Å². The van der Waals surface area contributed by atoms with E-state index in [9.17, 15) is 4.79 Å². The summed E-state index contributed by atoms with van der Waals surface area (Å²) in [5.74, 6) is 0.838. The normalized spacial score (nSPS) is 9.62. The molecule has 1 N–H and O–H groups in total. The summed E-state index contributed by atoms with van der Waals surface area (Å²) in [6.45, 7) is 1.08. The van der Waals surface area contributed by atoms with E-state index in [1.165, 1.54) is 0 Å². The van der Waals surface area contributed by atoms with Crippen LogP contribution >= 0.6 is 0 Å². The van der Waals surface area contributed by atoms with Gasteiger partial charge in [-0.1, -0.05) is 12.1 Å². The zero-order valence-corrected chi connectivity index (χ0v) is 7.62. The van der Waals surface area contributed by atoms with Crippen molar-refractivity contribution in [1.29, 1.82) is 0 Å². The SMILES string of the molecule is COc1cccc(CNCC=O)c1. The van der Waals surface area contributed by atoms with Gasteiger partial charge in [-0.25, -0.2) is 0 Å². The molecule has 0 aromatic heterocycles. The second kappa shape index (κ2) is 5.32. The van der Waals surface area contributed by atoms with Crippen LogP contribution in [0.15, 0.2) is 24.3 Å². The van der Waals surface area contributed by atoms with E-state index in [0.717, 1.165) is 17.6 Å². The van der Waals surface area contributed by atoms with Crippen molar-refractivity contribution in [2.24, 2.45) is 0 Å². The maximum atomic E-state index is 10.0. The quantitative estimate of drug-likeness (QED) is 0.541. The Labute approximate surface area is 77.7 Å². The maximum Gasteiger partial charge on any atom is 0.133 e. The number of carbonyl (C=O) groups excluding carboxylic acids is 1. The van der Waals surface area contributed by atoms with E-state index in [0.29, 0.717) is 13.1 Å². The molecule has 0 unspecified atom stereocenters. The molecule has 0 atom stereocenters. The monoisotopic (exact) mass is 179 g/mol. The minimum absolute atomic E-state index is 0.386. The molecule has 70 valence electrons. The van der Waals surface area contributed by atoms with Crippen LogP contribution in [0.1, 0.15) is 5.56 Å². The lowest BCUT2D eigenvalue weighted by atomic mass is 10.2. The Hall–Kier alpha value is -1.35. The molecule has 0 aliphatic rings. The van der Waals surface area contributed by atoms with Crippen molar-refractivity contribution in [2.75, 3.05) is 13.7 Å². The van der Waals surface area contributed by atoms with Gasteiger partial charge < -0.3 is 14.8 Å². The molecule has 0 spiro atoms. The lowest BCUT2D eigenvalue weighted by Crippen LogP contribution is -2.15. The van der Waals surface area contributed by atoms with E-state index in [4.69, 9.17) is 4.74 Å². The molecule has 0 heterocycles. The predicted molar refractivity (Wildman–Crippen MR) is 50.8 cm³/mol. The summed E-state index contributed by atoms with van der Waals surface area (Å²) in [5.41, 5.74) is 1.11. The van der Waals surface area contributed by atoms with Crippen LogP contribution in [-0.2, 0) is 11.3 Å². The first kappa shape index (κ1) is 9.74. The van der Waals surface area contributed by atoms with Crippen LogP contribution in [0.25, 0.3) is 0 Å². The minimum Gasteiger partial charge on any atom is -0.497 e. The molecule has 0 aliphatic heterocycles. The summed E-state index contributed by atoms with van der Waals surface area (Å²) in [6.07, 6.45) is 0.847. The zero-order chi connectivity index (χ0) is 9.52. The number of methoxy groups -OCH3 is 1. The summed E-state index contributed by atoms with van der Waals surface area (Å²) < 4.78 is 5.06. The molecule has 0 aliphatic carbocycles. The molecule has 1 aromatic rings. The standard InChI is InChI=1S/C10H13NO2/c1-13-10-4-2-3-9(7-10)8-11-5-6-12/h2-4,6-7,11H,5,8H2,1H3. The zero-order valence-electron chi connectivity index (χ0n) is 7.62. The van der Waals surface area contributed by atoms with Crippen molar-refractivity contribution < 1.29 is 9.53 Å². The Morgan fingerprint density at radius 1 is 1.54 bits per heavy atom. The molecule has 0 saturated heterocycles. The first-order valence-electron chi connectivity index (χ1n) is 4.14. The van der Waals surface area contributed by atoms with E-state index in [1.807, 2.05) is 24.3 Å². The second-order valence-electron chi connectivity index (χ2n) is 2.65. The smallest absolute Gasteiger partial charge is 0.133 e. The number of hydrogen-bond donors (Lipinski definition) is 1. The molecule has 0 bridgehead atoms. The van der Waals surface area contributed by atoms with Crippen LogP contribution in [0.5, 0.6) is 5.75 Å². The second-order valence-corrected chi connectivity index (χ2v) is 2.65. The highest BCUT2D eigenvalue weighted by Gasteiger charge is 1.94. The molecule has 0 amide bonds. The third-order valence-corrected chi connectivity index (χ3v) is 1.69. The van der Waals surface area contributed by atoms with Crippen molar-refractivity contribution in [3.63, 3.8) is 0 Å². The molecular weight excluding hydrogens is 166 g/mol. The number of aldehydes is 1. The maximum absolute atomic E-state index is 10.0. The van der Waals surface area contributed by atoms with Gasteiger partial charge in [-0.3, -0.25) is 0 Å². The Morgan fingerprint density at radius 2 is 2.38 bits per heavy atom. The number of hydrogen-bond acceptors (Lipinski definition) is 3. The lowest BCUT2D eigenvalue weighted by molar-refractivity contribution is -0.107. The third-order valence-electron chi connectivity index (χ3n) is 1.69. The number of carbonyl (C=O) groups is 1. The summed E-state index contributed by atoms with van der Waals surface area (Å²) in [4.78, 5) is 10.0. The highest BCUT2D eigenvalue weighted by atomic mass is 16.5. The van der Waals surface area contributed by atoms with Crippen molar-refractivity contribution >= 4 is 6.29 Å². The van der Waals surface area contributed by atoms with E-state index < -0.39 is 0 Å². The van der Waals surface area contributed by atoms with Crippen molar-refractivity contribution in [3.8, 4) is 5.75 Å². The van der Waals surface area contributed by atoms with Crippen LogP contribution in [0.4, 0.5) is 0 Å². The molecule has 3 heteroatoms. The summed E-state index contributed by atoms with van der Waals surface area (Å²) in [5, 5.41) is 2.98. The molecule has 1 rings (SSSR count). The molecular formula is C10H13NO2. The fraction of sp³-hybridized carbons (Fsp3) is 0.300. The molecule has 1 aromatic carbocycles. The molecule has 13 heavy (non-hydrogen) atoms. The summed E-state index contributed by atoms with van der Waals surface area (Å²) in [7, 11) is 1.64. The Kier molecular flexibility index (Phi) is 3.99. The topological polar surface area (TPSA) is 38.3 Å². The fourth-order valence-corrected chi connectivity index (χ4v) is 1.06. The molecule has 0 fully saturated rings. The summed E-state index contributed by atoms with van der Waals surface area (Å²) in [6, 6.07) is 7.75. The summed E-state index contributed by atoms with van der Waals surface area (Å²) >= 11 is 0. The van der Waals surface area contributed by atoms with E-state index >= 15 is 0 Å². The van der Waals surface area contributed by atoms with Gasteiger partial charge in [-0.15, -0.1) is 0 Å². The first-order valence-corrected chi connectivity index (χ1v) is 4.14. The Balaban J connectivity index is 2.50. The molecule has 3 nitrogen and oxygen atoms in total. The number of rotatable bonds is 5. The number of nitrogens with one attached hydrogen (secondary N) is 1. The Bertz CT molecular complexity index is 273. The van der Waals surface area contributed by atoms with Crippen molar-refractivity contribution in [1.82, 2.24) is 5.32 Å². The van der Waals surface area contributed by atoms with Gasteiger partial charge in [0.15, 0.2) is 0 Å². The average Bonchev–Trinajstić information content (AvgIpc) is 2.19. The van der Waals surface area contributed by atoms with Crippen LogP contribution in [0.2, 0.25) is 0 Å². The minimum atomic E-state index is 0.386.